The Balaban J connectivity index is 1.65. The summed E-state index contributed by atoms with van der Waals surface area (Å²) in [5.74, 6) is -1.16. The minimum absolute atomic E-state index is 0.0171. The van der Waals surface area contributed by atoms with Gasteiger partial charge in [-0.15, -0.1) is 0 Å². The third kappa shape index (κ3) is 3.32. The number of rotatable bonds is 3. The van der Waals surface area contributed by atoms with Gasteiger partial charge in [-0.25, -0.2) is 9.78 Å². The summed E-state index contributed by atoms with van der Waals surface area (Å²) in [7, 11) is 0. The number of carbonyl (C=O) groups is 2. The number of carboxylic acids is 1. The Kier molecular flexibility index (Phi) is 4.64. The molecule has 1 fully saturated rings. The van der Waals surface area contributed by atoms with Crippen molar-refractivity contribution in [1.82, 2.24) is 9.88 Å². The smallest absolute Gasteiger partial charge is 0.371 e. The zero-order valence-electron chi connectivity index (χ0n) is 12.4. The topological polar surface area (TPSA) is 86.9 Å². The maximum atomic E-state index is 12.4. The van der Waals surface area contributed by atoms with Crippen molar-refractivity contribution in [2.45, 2.75) is 0 Å². The molecular formula is C15H13Cl2N3O4. The fourth-order valence-corrected chi connectivity index (χ4v) is 2.98. The molecule has 0 radical (unpaired) electrons. The van der Waals surface area contributed by atoms with Crippen molar-refractivity contribution in [2.24, 2.45) is 0 Å². The summed E-state index contributed by atoms with van der Waals surface area (Å²) in [4.78, 5) is 31.0. The Morgan fingerprint density at radius 1 is 1.12 bits per heavy atom. The van der Waals surface area contributed by atoms with Crippen molar-refractivity contribution in [2.75, 3.05) is 31.1 Å². The molecule has 2 aromatic rings. The van der Waals surface area contributed by atoms with E-state index in [1.165, 1.54) is 18.3 Å². The van der Waals surface area contributed by atoms with Crippen LogP contribution in [0.5, 0.6) is 0 Å². The second-order valence-corrected chi connectivity index (χ2v) is 6.05. The molecule has 9 heteroatoms. The van der Waals surface area contributed by atoms with Gasteiger partial charge in [0.1, 0.15) is 5.82 Å². The van der Waals surface area contributed by atoms with Crippen LogP contribution < -0.4 is 4.90 Å². The lowest BCUT2D eigenvalue weighted by molar-refractivity contribution is 0.0648. The number of anilines is 1. The van der Waals surface area contributed by atoms with Gasteiger partial charge in [0.15, 0.2) is 5.76 Å². The number of hydrogen-bond acceptors (Lipinski definition) is 5. The fourth-order valence-electron chi connectivity index (χ4n) is 2.48. The summed E-state index contributed by atoms with van der Waals surface area (Å²) in [6.45, 7) is 1.99. The molecule has 2 aromatic heterocycles. The molecule has 3 heterocycles. The van der Waals surface area contributed by atoms with Crippen LogP contribution in [0.2, 0.25) is 10.0 Å². The lowest BCUT2D eigenvalue weighted by Crippen LogP contribution is -2.49. The molecular weight excluding hydrogens is 357 g/mol. The van der Waals surface area contributed by atoms with E-state index in [0.717, 1.165) is 0 Å². The Morgan fingerprint density at radius 2 is 1.79 bits per heavy atom. The van der Waals surface area contributed by atoms with Crippen LogP contribution in [0.15, 0.2) is 28.8 Å². The molecule has 24 heavy (non-hydrogen) atoms. The molecule has 1 aliphatic rings. The van der Waals surface area contributed by atoms with Crippen LogP contribution in [0.25, 0.3) is 0 Å². The third-order valence-electron chi connectivity index (χ3n) is 3.68. The van der Waals surface area contributed by atoms with Crippen LogP contribution >= 0.6 is 23.2 Å². The minimum Gasteiger partial charge on any atom is -0.475 e. The predicted molar refractivity (Wildman–Crippen MR) is 88.0 cm³/mol. The van der Waals surface area contributed by atoms with Crippen molar-refractivity contribution in [3.05, 3.63) is 46.0 Å². The summed E-state index contributed by atoms with van der Waals surface area (Å²) in [6.07, 6.45) is 1.52. The number of nitrogens with zero attached hydrogens (tertiary/aromatic N) is 3. The summed E-state index contributed by atoms with van der Waals surface area (Å²) in [5.41, 5.74) is 0. The van der Waals surface area contributed by atoms with Gasteiger partial charge in [-0.2, -0.15) is 0 Å². The highest BCUT2D eigenvalue weighted by molar-refractivity contribution is 6.36. The van der Waals surface area contributed by atoms with E-state index in [1.54, 1.807) is 11.0 Å². The molecule has 0 unspecified atom stereocenters. The van der Waals surface area contributed by atoms with E-state index in [9.17, 15) is 9.59 Å². The first-order valence-corrected chi connectivity index (χ1v) is 7.89. The summed E-state index contributed by atoms with van der Waals surface area (Å²) in [5, 5.41) is 9.76. The number of furan rings is 1. The molecule has 1 amide bonds. The first-order valence-electron chi connectivity index (χ1n) is 7.14. The summed E-state index contributed by atoms with van der Waals surface area (Å²) < 4.78 is 5.05. The molecule has 1 saturated heterocycles. The number of carbonyl (C=O) groups excluding carboxylic acids is 1. The number of piperazine rings is 1. The van der Waals surface area contributed by atoms with Crippen LogP contribution in [-0.4, -0.2) is 53.0 Å². The average Bonchev–Trinajstić information content (AvgIpc) is 3.05. The first-order chi connectivity index (χ1) is 11.5. The van der Waals surface area contributed by atoms with Crippen molar-refractivity contribution >= 4 is 40.9 Å². The van der Waals surface area contributed by atoms with E-state index in [-0.39, 0.29) is 17.4 Å². The van der Waals surface area contributed by atoms with E-state index < -0.39 is 5.97 Å². The van der Waals surface area contributed by atoms with Crippen LogP contribution in [-0.2, 0) is 0 Å². The maximum absolute atomic E-state index is 12.4. The van der Waals surface area contributed by atoms with Crippen LogP contribution in [0.3, 0.4) is 0 Å². The van der Waals surface area contributed by atoms with E-state index in [0.29, 0.717) is 42.0 Å². The highest BCUT2D eigenvalue weighted by atomic mass is 35.5. The number of aromatic carboxylic acids is 1. The van der Waals surface area contributed by atoms with E-state index in [1.807, 2.05) is 4.90 Å². The monoisotopic (exact) mass is 369 g/mol. The van der Waals surface area contributed by atoms with Gasteiger partial charge in [0.05, 0.1) is 10.0 Å². The Labute approximate surface area is 147 Å². The van der Waals surface area contributed by atoms with Gasteiger partial charge in [-0.3, -0.25) is 4.79 Å². The maximum Gasteiger partial charge on any atom is 0.371 e. The zero-order valence-corrected chi connectivity index (χ0v) is 13.9. The molecule has 0 bridgehead atoms. The van der Waals surface area contributed by atoms with E-state index >= 15 is 0 Å². The first kappa shape index (κ1) is 16.6. The average molecular weight is 370 g/mol. The van der Waals surface area contributed by atoms with Gasteiger partial charge in [-0.1, -0.05) is 23.2 Å². The molecule has 0 aliphatic carbocycles. The Morgan fingerprint density at radius 3 is 2.38 bits per heavy atom. The molecule has 3 rings (SSSR count). The number of pyridine rings is 1. The van der Waals surface area contributed by atoms with Crippen LogP contribution in [0.1, 0.15) is 21.1 Å². The van der Waals surface area contributed by atoms with Crippen molar-refractivity contribution in [3.8, 4) is 0 Å². The standard InChI is InChI=1S/C15H13Cl2N3O4/c16-9-7-10(17)13(18-8-9)19-3-5-20(6-4-19)14(21)11-1-2-12(24-11)15(22)23/h1-2,7-8H,3-6H2,(H,22,23). The molecule has 0 atom stereocenters. The normalized spacial score (nSPS) is 14.8. The van der Waals surface area contributed by atoms with Crippen molar-refractivity contribution in [3.63, 3.8) is 0 Å². The molecule has 0 spiro atoms. The summed E-state index contributed by atoms with van der Waals surface area (Å²) in [6, 6.07) is 4.26. The van der Waals surface area contributed by atoms with E-state index in [2.05, 4.69) is 4.98 Å². The second-order valence-electron chi connectivity index (χ2n) is 5.21. The fraction of sp³-hybridized carbons (Fsp3) is 0.267. The molecule has 126 valence electrons. The van der Waals surface area contributed by atoms with Gasteiger partial charge in [-0.05, 0) is 18.2 Å². The second kappa shape index (κ2) is 6.70. The molecule has 7 nitrogen and oxygen atoms in total. The van der Waals surface area contributed by atoms with Gasteiger partial charge >= 0.3 is 5.97 Å². The SMILES string of the molecule is O=C(O)c1ccc(C(=O)N2CCN(c3ncc(Cl)cc3Cl)CC2)o1. The lowest BCUT2D eigenvalue weighted by atomic mass is 10.2. The molecule has 0 saturated carbocycles. The van der Waals surface area contributed by atoms with Crippen molar-refractivity contribution in [1.29, 1.82) is 0 Å². The van der Waals surface area contributed by atoms with Gasteiger partial charge in [0, 0.05) is 32.4 Å². The van der Waals surface area contributed by atoms with Gasteiger partial charge in [0.2, 0.25) is 5.76 Å². The quantitative estimate of drug-likeness (QED) is 0.894. The summed E-state index contributed by atoms with van der Waals surface area (Å²) >= 11 is 12.0. The van der Waals surface area contributed by atoms with Crippen molar-refractivity contribution < 1.29 is 19.1 Å². The van der Waals surface area contributed by atoms with Gasteiger partial charge in [0.25, 0.3) is 5.91 Å². The lowest BCUT2D eigenvalue weighted by Gasteiger charge is -2.35. The largest absolute Gasteiger partial charge is 0.475 e. The molecule has 1 aliphatic heterocycles. The third-order valence-corrected chi connectivity index (χ3v) is 4.17. The minimum atomic E-state index is -1.21. The number of aromatic nitrogens is 1. The van der Waals surface area contributed by atoms with Crippen LogP contribution in [0, 0.1) is 0 Å². The highest BCUT2D eigenvalue weighted by Crippen LogP contribution is 2.27. The van der Waals surface area contributed by atoms with E-state index in [4.69, 9.17) is 32.7 Å². The van der Waals surface area contributed by atoms with Gasteiger partial charge < -0.3 is 19.3 Å². The Bertz CT molecular complexity index is 785. The molecule has 1 N–H and O–H groups in total. The number of amides is 1. The molecule has 0 aromatic carbocycles. The highest BCUT2D eigenvalue weighted by Gasteiger charge is 2.26. The Hall–Kier alpha value is -2.25. The number of hydrogen-bond donors (Lipinski definition) is 1. The predicted octanol–water partition coefficient (Wildman–Crippen LogP) is 2.64. The number of carboxylic acid groups (broad SMARTS) is 1. The number of halogens is 2. The van der Waals surface area contributed by atoms with Crippen LogP contribution in [0.4, 0.5) is 5.82 Å². The zero-order chi connectivity index (χ0) is 17.3.